The van der Waals surface area contributed by atoms with Gasteiger partial charge in [-0.25, -0.2) is 13.2 Å². The van der Waals surface area contributed by atoms with Crippen molar-refractivity contribution < 1.29 is 22.7 Å². The molecule has 3 aromatic carbocycles. The zero-order valence-electron chi connectivity index (χ0n) is 17.5. The number of hydrogen-bond donors (Lipinski definition) is 1. The number of hydrogen-bond acceptors (Lipinski definition) is 5. The second kappa shape index (κ2) is 9.14. The van der Waals surface area contributed by atoms with E-state index in [0.29, 0.717) is 11.3 Å². The molecule has 7 heteroatoms. The quantitative estimate of drug-likeness (QED) is 0.583. The number of rotatable bonds is 6. The van der Waals surface area contributed by atoms with Gasteiger partial charge in [0, 0.05) is 17.5 Å². The number of carbonyl (C=O) groups excluding carboxylic acids is 2. The molecule has 31 heavy (non-hydrogen) atoms. The topological polar surface area (TPSA) is 89.5 Å². The zero-order chi connectivity index (χ0) is 22.6. The first kappa shape index (κ1) is 22.2. The Kier molecular flexibility index (Phi) is 6.56. The van der Waals surface area contributed by atoms with Crippen LogP contribution >= 0.6 is 0 Å². The van der Waals surface area contributed by atoms with Gasteiger partial charge in [0.1, 0.15) is 0 Å². The standard InChI is InChI=1S/C24H23NO5S/c1-16-13-14-17(2)20(15-16)25-23(26)22(18-9-5-4-6-10-18)30-24(27)19-11-7-8-12-21(19)31(3,28)29/h4-15,22H,1-3H3,(H,25,26). The first-order valence-corrected chi connectivity index (χ1v) is 11.5. The van der Waals surface area contributed by atoms with Crippen molar-refractivity contribution in [1.82, 2.24) is 0 Å². The predicted molar refractivity (Wildman–Crippen MR) is 119 cm³/mol. The highest BCUT2D eigenvalue weighted by Gasteiger charge is 2.28. The number of aryl methyl sites for hydroxylation is 2. The SMILES string of the molecule is Cc1ccc(C)c(NC(=O)C(OC(=O)c2ccccc2S(C)(=O)=O)c2ccccc2)c1. The van der Waals surface area contributed by atoms with Gasteiger partial charge in [-0.15, -0.1) is 0 Å². The van der Waals surface area contributed by atoms with E-state index in [2.05, 4.69) is 5.32 Å². The number of sulfone groups is 1. The van der Waals surface area contributed by atoms with Crippen LogP contribution in [0.2, 0.25) is 0 Å². The monoisotopic (exact) mass is 437 g/mol. The van der Waals surface area contributed by atoms with E-state index < -0.39 is 27.8 Å². The fraction of sp³-hybridized carbons (Fsp3) is 0.167. The van der Waals surface area contributed by atoms with Crippen LogP contribution in [0.1, 0.15) is 33.2 Å². The van der Waals surface area contributed by atoms with Gasteiger partial charge in [-0.1, -0.05) is 54.6 Å². The van der Waals surface area contributed by atoms with E-state index in [9.17, 15) is 18.0 Å². The molecule has 0 saturated carbocycles. The Morgan fingerprint density at radius 3 is 2.23 bits per heavy atom. The van der Waals surface area contributed by atoms with Crippen LogP contribution in [-0.4, -0.2) is 26.6 Å². The number of nitrogens with one attached hydrogen (secondary N) is 1. The molecule has 6 nitrogen and oxygen atoms in total. The van der Waals surface area contributed by atoms with Crippen molar-refractivity contribution >= 4 is 27.4 Å². The molecule has 0 heterocycles. The fourth-order valence-electron chi connectivity index (χ4n) is 3.10. The Bertz CT molecular complexity index is 1220. The molecule has 0 radical (unpaired) electrons. The van der Waals surface area contributed by atoms with Crippen LogP contribution in [0.4, 0.5) is 5.69 Å². The van der Waals surface area contributed by atoms with Gasteiger partial charge in [0.2, 0.25) is 6.10 Å². The Balaban J connectivity index is 1.95. The molecule has 160 valence electrons. The number of amides is 1. The van der Waals surface area contributed by atoms with E-state index >= 15 is 0 Å². The van der Waals surface area contributed by atoms with Gasteiger partial charge in [0.25, 0.3) is 5.91 Å². The average molecular weight is 438 g/mol. The second-order valence-electron chi connectivity index (χ2n) is 7.27. The molecule has 1 amide bonds. The number of ether oxygens (including phenoxy) is 1. The summed E-state index contributed by atoms with van der Waals surface area (Å²) in [6.45, 7) is 3.77. The van der Waals surface area contributed by atoms with E-state index in [0.717, 1.165) is 17.4 Å². The van der Waals surface area contributed by atoms with Crippen LogP contribution in [0.15, 0.2) is 77.7 Å². The van der Waals surface area contributed by atoms with Crippen molar-refractivity contribution in [2.24, 2.45) is 0 Å². The van der Waals surface area contributed by atoms with Crippen LogP contribution in [0.25, 0.3) is 0 Å². The molecule has 0 spiro atoms. The Morgan fingerprint density at radius 2 is 1.55 bits per heavy atom. The van der Waals surface area contributed by atoms with Crippen molar-refractivity contribution in [2.75, 3.05) is 11.6 Å². The van der Waals surface area contributed by atoms with E-state index in [1.165, 1.54) is 18.2 Å². The molecule has 0 saturated heterocycles. The lowest BCUT2D eigenvalue weighted by Gasteiger charge is -2.19. The number of benzene rings is 3. The van der Waals surface area contributed by atoms with Gasteiger partial charge in [0.15, 0.2) is 9.84 Å². The minimum Gasteiger partial charge on any atom is -0.444 e. The minimum absolute atomic E-state index is 0.120. The smallest absolute Gasteiger partial charge is 0.340 e. The Hall–Kier alpha value is -3.45. The lowest BCUT2D eigenvalue weighted by atomic mass is 10.1. The normalized spacial score (nSPS) is 12.1. The first-order valence-electron chi connectivity index (χ1n) is 9.60. The first-order chi connectivity index (χ1) is 14.7. The molecule has 0 aliphatic rings. The van der Waals surface area contributed by atoms with Crippen molar-refractivity contribution in [1.29, 1.82) is 0 Å². The molecular weight excluding hydrogens is 414 g/mol. The van der Waals surface area contributed by atoms with E-state index in [1.807, 2.05) is 32.0 Å². The van der Waals surface area contributed by atoms with Gasteiger partial charge < -0.3 is 10.1 Å². The summed E-state index contributed by atoms with van der Waals surface area (Å²) in [5, 5.41) is 2.82. The van der Waals surface area contributed by atoms with Crippen molar-refractivity contribution in [3.63, 3.8) is 0 Å². The minimum atomic E-state index is -3.66. The summed E-state index contributed by atoms with van der Waals surface area (Å²) in [7, 11) is -3.66. The van der Waals surface area contributed by atoms with Gasteiger partial charge in [-0.3, -0.25) is 4.79 Å². The molecule has 0 bridgehead atoms. The maximum Gasteiger partial charge on any atom is 0.340 e. The van der Waals surface area contributed by atoms with Gasteiger partial charge in [-0.05, 0) is 43.2 Å². The van der Waals surface area contributed by atoms with Gasteiger partial charge in [-0.2, -0.15) is 0 Å². The second-order valence-corrected chi connectivity index (χ2v) is 9.26. The molecule has 0 aromatic heterocycles. The highest BCUT2D eigenvalue weighted by molar-refractivity contribution is 7.90. The summed E-state index contributed by atoms with van der Waals surface area (Å²) >= 11 is 0. The third-order valence-corrected chi connectivity index (χ3v) is 5.88. The zero-order valence-corrected chi connectivity index (χ0v) is 18.3. The maximum absolute atomic E-state index is 13.1. The summed E-state index contributed by atoms with van der Waals surface area (Å²) in [4.78, 5) is 25.9. The summed E-state index contributed by atoms with van der Waals surface area (Å²) in [5.74, 6) is -1.43. The summed E-state index contributed by atoms with van der Waals surface area (Å²) in [6, 6.07) is 20.0. The van der Waals surface area contributed by atoms with Gasteiger partial charge >= 0.3 is 5.97 Å². The average Bonchev–Trinajstić information content (AvgIpc) is 2.74. The molecular formula is C24H23NO5S. The van der Waals surface area contributed by atoms with E-state index in [4.69, 9.17) is 4.74 Å². The summed E-state index contributed by atoms with van der Waals surface area (Å²) < 4.78 is 29.7. The third-order valence-electron chi connectivity index (χ3n) is 4.72. The third kappa shape index (κ3) is 5.38. The largest absolute Gasteiger partial charge is 0.444 e. The molecule has 1 atom stereocenters. The summed E-state index contributed by atoms with van der Waals surface area (Å²) in [5.41, 5.74) is 2.79. The number of anilines is 1. The lowest BCUT2D eigenvalue weighted by Crippen LogP contribution is -2.26. The van der Waals surface area contributed by atoms with E-state index in [-0.39, 0.29) is 10.5 Å². The highest BCUT2D eigenvalue weighted by Crippen LogP contribution is 2.25. The number of esters is 1. The lowest BCUT2D eigenvalue weighted by molar-refractivity contribution is -0.125. The van der Waals surface area contributed by atoms with Crippen LogP contribution < -0.4 is 5.32 Å². The molecule has 1 N–H and O–H groups in total. The molecule has 0 aliphatic heterocycles. The molecule has 3 aromatic rings. The van der Waals surface area contributed by atoms with Crippen LogP contribution in [-0.2, 0) is 19.4 Å². The number of carbonyl (C=O) groups is 2. The molecule has 3 rings (SSSR count). The maximum atomic E-state index is 13.1. The van der Waals surface area contributed by atoms with E-state index in [1.54, 1.807) is 36.4 Å². The Morgan fingerprint density at radius 1 is 0.903 bits per heavy atom. The van der Waals surface area contributed by atoms with Crippen molar-refractivity contribution in [3.8, 4) is 0 Å². The van der Waals surface area contributed by atoms with Crippen LogP contribution in [0, 0.1) is 13.8 Å². The fourth-order valence-corrected chi connectivity index (χ4v) is 3.98. The summed E-state index contributed by atoms with van der Waals surface area (Å²) in [6.07, 6.45) is -0.248. The van der Waals surface area contributed by atoms with Crippen molar-refractivity contribution in [2.45, 2.75) is 24.8 Å². The van der Waals surface area contributed by atoms with Crippen LogP contribution in [0.5, 0.6) is 0 Å². The van der Waals surface area contributed by atoms with Gasteiger partial charge in [0.05, 0.1) is 10.5 Å². The molecule has 1 unspecified atom stereocenters. The molecule has 0 fully saturated rings. The predicted octanol–water partition coefficient (Wildman–Crippen LogP) is 4.24. The highest BCUT2D eigenvalue weighted by atomic mass is 32.2. The Labute approximate surface area is 181 Å². The van der Waals surface area contributed by atoms with Crippen molar-refractivity contribution in [3.05, 3.63) is 95.1 Å². The molecule has 0 aliphatic carbocycles. The van der Waals surface area contributed by atoms with Crippen LogP contribution in [0.3, 0.4) is 0 Å².